The third-order valence-corrected chi connectivity index (χ3v) is 10.4. The molecule has 17 nitrogen and oxygen atoms in total. The van der Waals surface area contributed by atoms with Gasteiger partial charge in [0.15, 0.2) is 0 Å². The minimum absolute atomic E-state index is 0.337. The number of benzene rings is 3. The first-order valence-corrected chi connectivity index (χ1v) is 20.5. The number of hydrogen-bond acceptors (Lipinski definition) is 14. The van der Waals surface area contributed by atoms with Crippen molar-refractivity contribution < 1.29 is 14.2 Å². The lowest BCUT2D eigenvalue weighted by Gasteiger charge is -2.23. The van der Waals surface area contributed by atoms with E-state index in [4.69, 9.17) is 14.2 Å². The van der Waals surface area contributed by atoms with E-state index in [0.717, 1.165) is 113 Å². The van der Waals surface area contributed by atoms with E-state index in [2.05, 4.69) is 93.1 Å². The van der Waals surface area contributed by atoms with Crippen LogP contribution in [0.4, 0.5) is 0 Å². The minimum Gasteiger partial charge on any atom is -0.487 e. The Hall–Kier alpha value is -5.72. The Labute approximate surface area is 344 Å². The third-order valence-electron chi connectivity index (χ3n) is 10.4. The topological polar surface area (TPSA) is 162 Å². The molecule has 3 aliphatic rings. The quantitative estimate of drug-likeness (QED) is 0.206. The van der Waals surface area contributed by atoms with Gasteiger partial charge in [-0.15, -0.1) is 15.3 Å². The summed E-state index contributed by atoms with van der Waals surface area (Å²) in [4.78, 5) is 4.86. The first kappa shape index (κ1) is 40.1. The summed E-state index contributed by atoms with van der Waals surface area (Å²) in [6, 6.07) is 24.7. The van der Waals surface area contributed by atoms with Crippen LogP contribution < -0.4 is 30.2 Å². The molecule has 0 saturated heterocycles. The molecule has 0 aliphatic carbocycles. The largest absolute Gasteiger partial charge is 0.487 e. The van der Waals surface area contributed by atoms with Gasteiger partial charge in [0.25, 0.3) is 0 Å². The molecule has 3 aromatic carbocycles. The Morgan fingerprint density at radius 1 is 0.407 bits per heavy atom. The lowest BCUT2D eigenvalue weighted by Crippen LogP contribution is -2.40. The first-order valence-electron chi connectivity index (χ1n) is 20.5. The van der Waals surface area contributed by atoms with Crippen molar-refractivity contribution in [1.29, 1.82) is 0 Å². The summed E-state index contributed by atoms with van der Waals surface area (Å²) in [6.07, 6.45) is 5.87. The maximum Gasteiger partial charge on any atom is 0.134 e. The number of ether oxygens (including phenoxy) is 3. The van der Waals surface area contributed by atoms with Crippen LogP contribution in [-0.4, -0.2) is 114 Å². The van der Waals surface area contributed by atoms with Gasteiger partial charge >= 0.3 is 0 Å². The van der Waals surface area contributed by atoms with E-state index in [9.17, 15) is 0 Å². The Kier molecular flexibility index (Phi) is 14.1. The van der Waals surface area contributed by atoms with Gasteiger partial charge in [-0.05, 0) is 53.1 Å². The molecule has 0 atom stereocenters. The summed E-state index contributed by atoms with van der Waals surface area (Å²) in [6.45, 7) is 12.7. The third kappa shape index (κ3) is 12.6. The SMILES string of the molecule is c1cc2cc(c1)OCc1cn(nn1)CCN1CCn3cc(nn3)COc3cccc(c3)CNCCN(CCNC2)CCNCc2cccc(c2)OCc2cn(nn2)CC1. The zero-order chi connectivity index (χ0) is 39.9. The van der Waals surface area contributed by atoms with Crippen LogP contribution in [-0.2, 0) is 59.1 Å². The number of nitrogens with zero attached hydrogens (tertiary/aromatic N) is 11. The summed E-state index contributed by atoms with van der Waals surface area (Å²) in [5, 5.41) is 37.4. The zero-order valence-electron chi connectivity index (χ0n) is 33.5. The molecule has 3 N–H and O–H groups in total. The lowest BCUT2D eigenvalue weighted by molar-refractivity contribution is 0.231. The van der Waals surface area contributed by atoms with Crippen molar-refractivity contribution in [3.05, 3.63) is 125 Å². The fourth-order valence-electron chi connectivity index (χ4n) is 7.06. The number of fused-ring (bicyclic) bond motifs is 15. The second kappa shape index (κ2) is 20.8. The number of hydrogen-bond donors (Lipinski definition) is 3. The fourth-order valence-corrected chi connectivity index (χ4v) is 7.06. The Morgan fingerprint density at radius 3 is 1.10 bits per heavy atom. The van der Waals surface area contributed by atoms with Gasteiger partial charge in [0.2, 0.25) is 0 Å². The maximum absolute atomic E-state index is 6.17. The normalized spacial score (nSPS) is 19.5. The minimum atomic E-state index is 0.337. The average Bonchev–Trinajstić information content (AvgIpc) is 4.04. The number of rotatable bonds is 0. The fraction of sp³-hybridized carbons (Fsp3) is 0.429. The molecule has 6 aromatic rings. The Morgan fingerprint density at radius 2 is 0.746 bits per heavy atom. The van der Waals surface area contributed by atoms with Crippen LogP contribution in [0.1, 0.15) is 33.8 Å². The molecule has 0 fully saturated rings. The smallest absolute Gasteiger partial charge is 0.134 e. The predicted octanol–water partition coefficient (Wildman–Crippen LogP) is 2.50. The van der Waals surface area contributed by atoms with Crippen molar-refractivity contribution in [1.82, 2.24) is 70.7 Å². The van der Waals surface area contributed by atoms with Crippen molar-refractivity contribution in [3.63, 3.8) is 0 Å². The van der Waals surface area contributed by atoms with Crippen LogP contribution in [0.25, 0.3) is 0 Å². The molecule has 0 radical (unpaired) electrons. The van der Waals surface area contributed by atoms with Crippen molar-refractivity contribution in [2.24, 2.45) is 0 Å². The molecule has 6 heterocycles. The Bertz CT molecular complexity index is 1940. The van der Waals surface area contributed by atoms with Crippen LogP contribution in [0.2, 0.25) is 0 Å². The molecule has 9 rings (SSSR count). The van der Waals surface area contributed by atoms with Gasteiger partial charge in [0.1, 0.15) is 54.2 Å². The van der Waals surface area contributed by atoms with Crippen molar-refractivity contribution in [2.45, 2.75) is 59.1 Å². The van der Waals surface area contributed by atoms with Gasteiger partial charge in [-0.1, -0.05) is 52.0 Å². The predicted molar refractivity (Wildman–Crippen MR) is 220 cm³/mol. The van der Waals surface area contributed by atoms with Gasteiger partial charge < -0.3 is 30.2 Å². The highest BCUT2D eigenvalue weighted by Gasteiger charge is 2.13. The van der Waals surface area contributed by atoms with E-state index in [1.165, 1.54) is 16.7 Å². The summed E-state index contributed by atoms with van der Waals surface area (Å²) in [5.74, 6) is 2.43. The van der Waals surface area contributed by atoms with Gasteiger partial charge in [-0.2, -0.15) is 0 Å². The van der Waals surface area contributed by atoms with E-state index >= 15 is 0 Å². The van der Waals surface area contributed by atoms with Crippen LogP contribution >= 0.6 is 0 Å². The molecule has 0 saturated carbocycles. The van der Waals surface area contributed by atoms with Crippen molar-refractivity contribution in [3.8, 4) is 17.2 Å². The Balaban J connectivity index is 1.03. The van der Waals surface area contributed by atoms with E-state index < -0.39 is 0 Å². The molecule has 0 amide bonds. The molecule has 3 aromatic heterocycles. The van der Waals surface area contributed by atoms with Gasteiger partial charge in [0, 0.05) is 78.5 Å². The average molecular weight is 803 g/mol. The van der Waals surface area contributed by atoms with Gasteiger partial charge in [-0.25, -0.2) is 0 Å². The zero-order valence-corrected chi connectivity index (χ0v) is 33.5. The van der Waals surface area contributed by atoms with Crippen LogP contribution in [0.5, 0.6) is 17.2 Å². The van der Waals surface area contributed by atoms with Gasteiger partial charge in [-0.3, -0.25) is 23.8 Å². The highest BCUT2D eigenvalue weighted by Crippen LogP contribution is 2.17. The van der Waals surface area contributed by atoms with E-state index in [0.29, 0.717) is 39.5 Å². The summed E-state index contributed by atoms with van der Waals surface area (Å²) >= 11 is 0. The van der Waals surface area contributed by atoms with Crippen LogP contribution in [0, 0.1) is 0 Å². The van der Waals surface area contributed by atoms with Crippen molar-refractivity contribution in [2.75, 3.05) is 58.9 Å². The first-order chi connectivity index (χ1) is 29.1. The molecular weight excluding hydrogens is 749 g/mol. The second-order valence-corrected chi connectivity index (χ2v) is 14.9. The molecule has 310 valence electrons. The van der Waals surface area contributed by atoms with E-state index in [1.54, 1.807) is 0 Å². The molecular formula is C42H54N14O3. The number of aromatic nitrogens is 9. The lowest BCUT2D eigenvalue weighted by atomic mass is 10.2. The molecule has 14 bridgehead atoms. The van der Waals surface area contributed by atoms with Crippen LogP contribution in [0.15, 0.2) is 91.4 Å². The summed E-state index contributed by atoms with van der Waals surface area (Å²) in [7, 11) is 0. The van der Waals surface area contributed by atoms with Crippen LogP contribution in [0.3, 0.4) is 0 Å². The number of nitrogens with one attached hydrogen (secondary N) is 3. The highest BCUT2D eigenvalue weighted by molar-refractivity contribution is 5.30. The highest BCUT2D eigenvalue weighted by atomic mass is 16.5. The standard InChI is InChI=1S/C42H54N14O3/c1-4-34-22-40(7-1)57-31-37-28-54(49-46-37)19-16-53-17-20-55-29-38(47-50-55)32-58-41-8-2-5-35(23-41)26-44-11-14-52(13-10-43-25-34)15-12-45-27-36-6-3-9-42(24-36)59-33-39-30-56(21-18-53)51-48-39/h1-9,22-24,28-30,43-45H,10-21,25-27,31-33H2. The molecule has 0 spiro atoms. The van der Waals surface area contributed by atoms with Gasteiger partial charge in [0.05, 0.1) is 38.2 Å². The van der Waals surface area contributed by atoms with Crippen molar-refractivity contribution >= 4 is 0 Å². The molecule has 59 heavy (non-hydrogen) atoms. The summed E-state index contributed by atoms with van der Waals surface area (Å²) < 4.78 is 24.1. The second-order valence-electron chi connectivity index (χ2n) is 14.9. The molecule has 17 heteroatoms. The van der Waals surface area contributed by atoms with E-state index in [1.807, 2.05) is 69.0 Å². The molecule has 3 aliphatic heterocycles. The monoisotopic (exact) mass is 802 g/mol. The van der Waals surface area contributed by atoms with E-state index in [-0.39, 0.29) is 0 Å². The molecule has 0 unspecified atom stereocenters. The maximum atomic E-state index is 6.17. The summed E-state index contributed by atoms with van der Waals surface area (Å²) in [5.41, 5.74) is 5.83.